The van der Waals surface area contributed by atoms with Crippen molar-refractivity contribution in [3.8, 4) is 17.7 Å². The number of benzene rings is 1. The normalized spacial score (nSPS) is 10.9. The Hall–Kier alpha value is -3.33. The van der Waals surface area contributed by atoms with E-state index in [0.717, 1.165) is 11.1 Å². The summed E-state index contributed by atoms with van der Waals surface area (Å²) in [6.45, 7) is 3.61. The maximum Gasteiger partial charge on any atom is 0.391 e. The van der Waals surface area contributed by atoms with Crippen molar-refractivity contribution in [2.24, 2.45) is 0 Å². The van der Waals surface area contributed by atoms with Crippen LogP contribution in [0.2, 0.25) is 0 Å². The maximum atomic E-state index is 11.9. The van der Waals surface area contributed by atoms with Gasteiger partial charge in [-0.2, -0.15) is 4.98 Å². The van der Waals surface area contributed by atoms with Gasteiger partial charge in [-0.1, -0.05) is 30.2 Å². The van der Waals surface area contributed by atoms with E-state index in [2.05, 4.69) is 16.8 Å². The van der Waals surface area contributed by atoms with Crippen LogP contribution in [0.1, 0.15) is 18.1 Å². The zero-order valence-corrected chi connectivity index (χ0v) is 15.1. The van der Waals surface area contributed by atoms with Crippen molar-refractivity contribution in [1.82, 2.24) is 4.98 Å². The van der Waals surface area contributed by atoms with Crippen LogP contribution in [0.5, 0.6) is 5.88 Å². The molecule has 1 aromatic heterocycles. The molecule has 26 heavy (non-hydrogen) atoms. The lowest BCUT2D eigenvalue weighted by molar-refractivity contribution is -0.141. The molecule has 0 N–H and O–H groups in total. The minimum absolute atomic E-state index is 0.107. The Morgan fingerprint density at radius 1 is 1.15 bits per heavy atom. The summed E-state index contributed by atoms with van der Waals surface area (Å²) in [6.07, 6.45) is 0. The number of pyridine rings is 1. The zero-order valence-electron chi connectivity index (χ0n) is 15.1. The van der Waals surface area contributed by atoms with Crippen molar-refractivity contribution in [2.45, 2.75) is 19.9 Å². The molecule has 0 bridgehead atoms. The van der Waals surface area contributed by atoms with Gasteiger partial charge in [0.25, 0.3) is 0 Å². The molecule has 0 saturated heterocycles. The first kappa shape index (κ1) is 19.0. The van der Waals surface area contributed by atoms with Crippen molar-refractivity contribution in [3.63, 3.8) is 0 Å². The molecule has 2 aromatic rings. The summed E-state index contributed by atoms with van der Waals surface area (Å²) in [5.74, 6) is 4.72. The van der Waals surface area contributed by atoms with Crippen molar-refractivity contribution < 1.29 is 19.1 Å². The van der Waals surface area contributed by atoms with E-state index in [-0.39, 0.29) is 11.8 Å². The highest BCUT2D eigenvalue weighted by molar-refractivity contribution is 5.90. The van der Waals surface area contributed by atoms with E-state index < -0.39 is 12.0 Å². The second-order valence-electron chi connectivity index (χ2n) is 5.60. The first-order chi connectivity index (χ1) is 12.4. The molecule has 134 valence electrons. The summed E-state index contributed by atoms with van der Waals surface area (Å²) in [5, 5.41) is 0. The summed E-state index contributed by atoms with van der Waals surface area (Å²) >= 11 is 0. The summed E-state index contributed by atoms with van der Waals surface area (Å²) in [5.41, 5.74) is 1.74. The van der Waals surface area contributed by atoms with E-state index >= 15 is 0 Å². The predicted octanol–water partition coefficient (Wildman–Crippen LogP) is 2.34. The monoisotopic (exact) mass is 352 g/mol. The van der Waals surface area contributed by atoms with Gasteiger partial charge >= 0.3 is 11.9 Å². The second-order valence-corrected chi connectivity index (χ2v) is 5.60. The Labute approximate surface area is 152 Å². The lowest BCUT2D eigenvalue weighted by atomic mass is 10.1. The molecular formula is C20H20N2O4. The molecule has 0 saturated carbocycles. The standard InChI is InChI=1S/C20H20N2O4/c1-14-8-5-6-9-16(14)12-13-19(23)26-18-11-7-10-17(21-18)22(3)15(2)20(24)25-4/h5-11,15H,1-4H3. The van der Waals surface area contributed by atoms with Gasteiger partial charge in [0.05, 0.1) is 7.11 Å². The smallest absolute Gasteiger partial charge is 0.391 e. The van der Waals surface area contributed by atoms with Gasteiger partial charge < -0.3 is 14.4 Å². The number of aromatic nitrogens is 1. The van der Waals surface area contributed by atoms with E-state index in [1.807, 2.05) is 31.2 Å². The van der Waals surface area contributed by atoms with E-state index in [0.29, 0.717) is 5.82 Å². The minimum Gasteiger partial charge on any atom is -0.467 e. The quantitative estimate of drug-likeness (QED) is 0.621. The number of likely N-dealkylation sites (N-methyl/N-ethyl adjacent to an activating group) is 1. The molecule has 0 radical (unpaired) electrons. The first-order valence-corrected chi connectivity index (χ1v) is 7.99. The van der Waals surface area contributed by atoms with Crippen LogP contribution >= 0.6 is 0 Å². The van der Waals surface area contributed by atoms with Gasteiger partial charge in [-0.15, -0.1) is 0 Å². The molecule has 1 heterocycles. The molecule has 0 aliphatic rings. The average Bonchev–Trinajstić information content (AvgIpc) is 2.65. The lowest BCUT2D eigenvalue weighted by Crippen LogP contribution is -2.37. The highest BCUT2D eigenvalue weighted by Crippen LogP contribution is 2.17. The molecule has 0 amide bonds. The summed E-state index contributed by atoms with van der Waals surface area (Å²) < 4.78 is 9.89. The largest absolute Gasteiger partial charge is 0.467 e. The number of anilines is 1. The number of methoxy groups -OCH3 is 1. The van der Waals surface area contributed by atoms with Gasteiger partial charge in [0.2, 0.25) is 5.88 Å². The average molecular weight is 352 g/mol. The third-order valence-electron chi connectivity index (χ3n) is 3.84. The Kier molecular flexibility index (Phi) is 6.34. The Balaban J connectivity index is 2.10. The molecule has 0 spiro atoms. The maximum absolute atomic E-state index is 11.9. The number of hydrogen-bond donors (Lipinski definition) is 0. The Morgan fingerprint density at radius 3 is 2.58 bits per heavy atom. The van der Waals surface area contributed by atoms with Crippen LogP contribution in [0.15, 0.2) is 42.5 Å². The molecule has 2 rings (SSSR count). The second kappa shape index (κ2) is 8.67. The van der Waals surface area contributed by atoms with Crippen LogP contribution < -0.4 is 9.64 Å². The molecule has 0 fully saturated rings. The molecule has 1 aromatic carbocycles. The molecule has 0 aliphatic carbocycles. The highest BCUT2D eigenvalue weighted by atomic mass is 16.5. The van der Waals surface area contributed by atoms with Crippen LogP contribution in [-0.4, -0.2) is 37.1 Å². The van der Waals surface area contributed by atoms with Crippen LogP contribution in [0.4, 0.5) is 5.82 Å². The zero-order chi connectivity index (χ0) is 19.1. The van der Waals surface area contributed by atoms with Gasteiger partial charge in [-0.25, -0.2) is 9.59 Å². The van der Waals surface area contributed by atoms with Crippen molar-refractivity contribution >= 4 is 17.8 Å². The number of carbonyl (C=O) groups is 2. The summed E-state index contributed by atoms with van der Waals surface area (Å²) in [4.78, 5) is 29.4. The highest BCUT2D eigenvalue weighted by Gasteiger charge is 2.20. The number of carbonyl (C=O) groups excluding carboxylic acids is 2. The molecule has 0 aliphatic heterocycles. The number of rotatable bonds is 4. The molecule has 1 unspecified atom stereocenters. The number of nitrogens with zero attached hydrogens (tertiary/aromatic N) is 2. The van der Waals surface area contributed by atoms with Crippen LogP contribution in [0.25, 0.3) is 0 Å². The third-order valence-corrected chi connectivity index (χ3v) is 3.84. The fourth-order valence-corrected chi connectivity index (χ4v) is 2.14. The molecule has 6 nitrogen and oxygen atoms in total. The summed E-state index contributed by atoms with van der Waals surface area (Å²) in [7, 11) is 3.03. The van der Waals surface area contributed by atoms with E-state index in [4.69, 9.17) is 9.47 Å². The summed E-state index contributed by atoms with van der Waals surface area (Å²) in [6, 6.07) is 11.9. The van der Waals surface area contributed by atoms with Crippen molar-refractivity contribution in [2.75, 3.05) is 19.1 Å². The van der Waals surface area contributed by atoms with Gasteiger partial charge in [-0.3, -0.25) is 0 Å². The number of aryl methyl sites for hydroxylation is 1. The van der Waals surface area contributed by atoms with E-state index in [1.54, 1.807) is 37.1 Å². The van der Waals surface area contributed by atoms with Gasteiger partial charge in [-0.05, 0) is 31.5 Å². The first-order valence-electron chi connectivity index (χ1n) is 7.99. The minimum atomic E-state index is -0.707. The number of hydrogen-bond acceptors (Lipinski definition) is 6. The lowest BCUT2D eigenvalue weighted by Gasteiger charge is -2.23. The van der Waals surface area contributed by atoms with E-state index in [9.17, 15) is 9.59 Å². The van der Waals surface area contributed by atoms with Gasteiger partial charge in [0.1, 0.15) is 11.9 Å². The third kappa shape index (κ3) is 4.84. The van der Waals surface area contributed by atoms with Crippen molar-refractivity contribution in [1.29, 1.82) is 0 Å². The SMILES string of the molecule is COC(=O)C(C)N(C)c1cccc(OC(=O)C#Cc2ccccc2C)n1. The topological polar surface area (TPSA) is 68.7 Å². The number of ether oxygens (including phenoxy) is 2. The molecule has 1 atom stereocenters. The Morgan fingerprint density at radius 2 is 1.88 bits per heavy atom. The van der Waals surface area contributed by atoms with Crippen LogP contribution in [-0.2, 0) is 14.3 Å². The molecule has 6 heteroatoms. The van der Waals surface area contributed by atoms with Gasteiger partial charge in [0.15, 0.2) is 0 Å². The fourth-order valence-electron chi connectivity index (χ4n) is 2.14. The molecular weight excluding hydrogens is 332 g/mol. The van der Waals surface area contributed by atoms with Gasteiger partial charge in [0, 0.05) is 24.6 Å². The Bertz CT molecular complexity index is 867. The number of esters is 2. The van der Waals surface area contributed by atoms with Crippen LogP contribution in [0, 0.1) is 18.8 Å². The predicted molar refractivity (Wildman–Crippen MR) is 97.8 cm³/mol. The van der Waals surface area contributed by atoms with E-state index in [1.165, 1.54) is 7.11 Å². The fraction of sp³-hybridized carbons (Fsp3) is 0.250. The van der Waals surface area contributed by atoms with Crippen LogP contribution in [0.3, 0.4) is 0 Å². The van der Waals surface area contributed by atoms with Crippen molar-refractivity contribution in [3.05, 3.63) is 53.6 Å².